The van der Waals surface area contributed by atoms with E-state index in [0.29, 0.717) is 12.1 Å². The molecular formula is C13H25N3O. The van der Waals surface area contributed by atoms with Crippen LogP contribution in [0.2, 0.25) is 0 Å². The normalized spacial score (nSPS) is 31.2. The second-order valence-electron chi connectivity index (χ2n) is 6.43. The molecule has 2 atom stereocenters. The van der Waals surface area contributed by atoms with Crippen LogP contribution in [0.1, 0.15) is 33.6 Å². The molecule has 0 aromatic heterocycles. The maximum Gasteiger partial charge on any atom is 0.320 e. The van der Waals surface area contributed by atoms with Gasteiger partial charge in [0.1, 0.15) is 0 Å². The minimum Gasteiger partial charge on any atom is -0.322 e. The van der Waals surface area contributed by atoms with Crippen LogP contribution in [-0.2, 0) is 0 Å². The summed E-state index contributed by atoms with van der Waals surface area (Å²) in [5.74, 6) is 0. The molecule has 2 heterocycles. The van der Waals surface area contributed by atoms with Gasteiger partial charge in [0.2, 0.25) is 0 Å². The lowest BCUT2D eigenvalue weighted by Gasteiger charge is -2.32. The van der Waals surface area contributed by atoms with Gasteiger partial charge in [-0.3, -0.25) is 0 Å². The van der Waals surface area contributed by atoms with Gasteiger partial charge in [-0.2, -0.15) is 0 Å². The first-order chi connectivity index (χ1) is 7.91. The van der Waals surface area contributed by atoms with Gasteiger partial charge in [-0.25, -0.2) is 4.79 Å². The van der Waals surface area contributed by atoms with Crippen molar-refractivity contribution in [1.82, 2.24) is 15.1 Å². The van der Waals surface area contributed by atoms with Gasteiger partial charge in [0, 0.05) is 26.2 Å². The van der Waals surface area contributed by atoms with Crippen molar-refractivity contribution in [3.8, 4) is 0 Å². The third-order valence-corrected chi connectivity index (χ3v) is 4.10. The van der Waals surface area contributed by atoms with E-state index in [1.807, 2.05) is 11.9 Å². The standard InChI is InChI=1S/C13H25N3O/c1-13(2,3)11-9-16(12(17)15(11)4)10-6-5-7-14-8-10/h10-11,14H,5-9H2,1-4H3. The van der Waals surface area contributed by atoms with Crippen LogP contribution in [0.3, 0.4) is 0 Å². The maximum atomic E-state index is 12.3. The van der Waals surface area contributed by atoms with Crippen molar-refractivity contribution in [3.63, 3.8) is 0 Å². The fourth-order valence-electron chi connectivity index (χ4n) is 2.98. The summed E-state index contributed by atoms with van der Waals surface area (Å²) in [6.45, 7) is 9.57. The molecule has 0 bridgehead atoms. The lowest BCUT2D eigenvalue weighted by atomic mass is 9.86. The summed E-state index contributed by atoms with van der Waals surface area (Å²) in [5, 5.41) is 3.39. The van der Waals surface area contributed by atoms with Gasteiger partial charge in [-0.15, -0.1) is 0 Å². The number of amides is 2. The van der Waals surface area contributed by atoms with Crippen LogP contribution in [-0.4, -0.2) is 54.6 Å². The zero-order valence-electron chi connectivity index (χ0n) is 11.5. The molecule has 4 nitrogen and oxygen atoms in total. The molecule has 0 aromatic carbocycles. The maximum absolute atomic E-state index is 12.3. The quantitative estimate of drug-likeness (QED) is 0.753. The Hall–Kier alpha value is -0.770. The van der Waals surface area contributed by atoms with E-state index in [1.54, 1.807) is 0 Å². The summed E-state index contributed by atoms with van der Waals surface area (Å²) in [6.07, 6.45) is 2.32. The minimum atomic E-state index is 0.154. The molecule has 2 aliphatic heterocycles. The van der Waals surface area contributed by atoms with Gasteiger partial charge in [-0.05, 0) is 24.8 Å². The van der Waals surface area contributed by atoms with E-state index in [9.17, 15) is 4.79 Å². The number of nitrogens with zero attached hydrogens (tertiary/aromatic N) is 2. The van der Waals surface area contributed by atoms with E-state index < -0.39 is 0 Å². The molecule has 2 unspecified atom stereocenters. The number of nitrogens with one attached hydrogen (secondary N) is 1. The fraction of sp³-hybridized carbons (Fsp3) is 0.923. The first-order valence-corrected chi connectivity index (χ1v) is 6.65. The summed E-state index contributed by atoms with van der Waals surface area (Å²) in [5.41, 5.74) is 0.154. The first kappa shape index (κ1) is 12.7. The molecule has 2 rings (SSSR count). The molecule has 2 aliphatic rings. The van der Waals surface area contributed by atoms with Gasteiger partial charge in [0.25, 0.3) is 0 Å². The second kappa shape index (κ2) is 4.48. The highest BCUT2D eigenvalue weighted by Gasteiger charge is 2.43. The Kier molecular flexibility index (Phi) is 3.34. The molecule has 0 aromatic rings. The van der Waals surface area contributed by atoms with E-state index in [0.717, 1.165) is 26.1 Å². The van der Waals surface area contributed by atoms with Crippen LogP contribution in [0, 0.1) is 5.41 Å². The van der Waals surface area contributed by atoms with Gasteiger partial charge >= 0.3 is 6.03 Å². The highest BCUT2D eigenvalue weighted by molar-refractivity contribution is 5.77. The Labute approximate surface area is 104 Å². The molecule has 0 aliphatic carbocycles. The predicted octanol–water partition coefficient (Wildman–Crippen LogP) is 1.52. The van der Waals surface area contributed by atoms with E-state index in [1.165, 1.54) is 6.42 Å². The third kappa shape index (κ3) is 2.41. The minimum absolute atomic E-state index is 0.154. The summed E-state index contributed by atoms with van der Waals surface area (Å²) in [6, 6.07) is 0.932. The SMILES string of the molecule is CN1C(=O)N(C2CCCNC2)CC1C(C)(C)C. The number of rotatable bonds is 1. The number of urea groups is 1. The Morgan fingerprint density at radius 2 is 2.06 bits per heavy atom. The number of likely N-dealkylation sites (N-methyl/N-ethyl adjacent to an activating group) is 1. The van der Waals surface area contributed by atoms with Crippen molar-refractivity contribution in [2.24, 2.45) is 5.41 Å². The Morgan fingerprint density at radius 3 is 2.53 bits per heavy atom. The van der Waals surface area contributed by atoms with Crippen LogP contribution in [0.15, 0.2) is 0 Å². The molecule has 4 heteroatoms. The van der Waals surface area contributed by atoms with E-state index in [-0.39, 0.29) is 11.4 Å². The van der Waals surface area contributed by atoms with Crippen LogP contribution >= 0.6 is 0 Å². The number of piperidine rings is 1. The van der Waals surface area contributed by atoms with Gasteiger partial charge in [0.15, 0.2) is 0 Å². The molecule has 98 valence electrons. The number of hydrogen-bond acceptors (Lipinski definition) is 2. The van der Waals surface area contributed by atoms with E-state index in [4.69, 9.17) is 0 Å². The Balaban J connectivity index is 2.08. The van der Waals surface area contributed by atoms with Crippen molar-refractivity contribution in [2.75, 3.05) is 26.7 Å². The summed E-state index contributed by atoms with van der Waals surface area (Å²) in [4.78, 5) is 16.3. The van der Waals surface area contributed by atoms with Crippen molar-refractivity contribution in [1.29, 1.82) is 0 Å². The smallest absolute Gasteiger partial charge is 0.320 e. The van der Waals surface area contributed by atoms with Gasteiger partial charge in [0.05, 0.1) is 6.04 Å². The molecular weight excluding hydrogens is 214 g/mol. The zero-order valence-corrected chi connectivity index (χ0v) is 11.5. The van der Waals surface area contributed by atoms with Crippen LogP contribution < -0.4 is 5.32 Å². The van der Waals surface area contributed by atoms with Crippen molar-refractivity contribution in [2.45, 2.75) is 45.7 Å². The van der Waals surface area contributed by atoms with Crippen molar-refractivity contribution < 1.29 is 4.79 Å². The second-order valence-corrected chi connectivity index (χ2v) is 6.43. The van der Waals surface area contributed by atoms with Gasteiger partial charge < -0.3 is 15.1 Å². The van der Waals surface area contributed by atoms with E-state index >= 15 is 0 Å². The number of carbonyl (C=O) groups is 1. The highest BCUT2D eigenvalue weighted by atomic mass is 16.2. The molecule has 2 saturated heterocycles. The summed E-state index contributed by atoms with van der Waals surface area (Å²) < 4.78 is 0. The molecule has 1 N–H and O–H groups in total. The van der Waals surface area contributed by atoms with Crippen molar-refractivity contribution in [3.05, 3.63) is 0 Å². The molecule has 2 amide bonds. The molecule has 0 radical (unpaired) electrons. The largest absolute Gasteiger partial charge is 0.322 e. The van der Waals surface area contributed by atoms with Crippen molar-refractivity contribution >= 4 is 6.03 Å². The lowest BCUT2D eigenvalue weighted by molar-refractivity contribution is 0.167. The van der Waals surface area contributed by atoms with E-state index in [2.05, 4.69) is 31.0 Å². The predicted molar refractivity (Wildman–Crippen MR) is 69.0 cm³/mol. The summed E-state index contributed by atoms with van der Waals surface area (Å²) >= 11 is 0. The number of hydrogen-bond donors (Lipinski definition) is 1. The average molecular weight is 239 g/mol. The zero-order chi connectivity index (χ0) is 12.6. The highest BCUT2D eigenvalue weighted by Crippen LogP contribution is 2.31. The average Bonchev–Trinajstić information content (AvgIpc) is 2.57. The third-order valence-electron chi connectivity index (χ3n) is 4.10. The monoisotopic (exact) mass is 239 g/mol. The molecule has 2 fully saturated rings. The molecule has 0 spiro atoms. The molecule has 0 saturated carbocycles. The molecule has 17 heavy (non-hydrogen) atoms. The topological polar surface area (TPSA) is 35.6 Å². The first-order valence-electron chi connectivity index (χ1n) is 6.65. The van der Waals surface area contributed by atoms with Crippen LogP contribution in [0.5, 0.6) is 0 Å². The lowest BCUT2D eigenvalue weighted by Crippen LogP contribution is -2.47. The van der Waals surface area contributed by atoms with Crippen LogP contribution in [0.25, 0.3) is 0 Å². The Bertz CT molecular complexity index is 292. The fourth-order valence-corrected chi connectivity index (χ4v) is 2.98. The Morgan fingerprint density at radius 1 is 1.35 bits per heavy atom. The number of carbonyl (C=O) groups excluding carboxylic acids is 1. The summed E-state index contributed by atoms with van der Waals surface area (Å²) in [7, 11) is 1.94. The van der Waals surface area contributed by atoms with Crippen LogP contribution in [0.4, 0.5) is 4.79 Å². The van der Waals surface area contributed by atoms with Gasteiger partial charge in [-0.1, -0.05) is 20.8 Å².